The van der Waals surface area contributed by atoms with Gasteiger partial charge in [0.2, 0.25) is 0 Å². The van der Waals surface area contributed by atoms with Gasteiger partial charge in [-0.25, -0.2) is 0 Å². The molecule has 1 aliphatic heterocycles. The third kappa shape index (κ3) is 2.96. The standard InChI is InChI=1S/C13H19N.ClH/c1-10-5-3-7-12(9-10)13-11(2)6-4-8-14-13;/h3,5,7,9,11,13-14H,4,6,8H2,1-2H3;1H. The van der Waals surface area contributed by atoms with Crippen molar-refractivity contribution in [3.05, 3.63) is 35.4 Å². The smallest absolute Gasteiger partial charge is 0.0346 e. The highest BCUT2D eigenvalue weighted by molar-refractivity contribution is 5.85. The molecule has 1 N–H and O–H groups in total. The van der Waals surface area contributed by atoms with Gasteiger partial charge in [-0.05, 0) is 37.8 Å². The maximum absolute atomic E-state index is 3.61. The second-order valence-electron chi connectivity index (χ2n) is 4.47. The molecule has 1 aromatic carbocycles. The van der Waals surface area contributed by atoms with Crippen LogP contribution in [0.4, 0.5) is 0 Å². The second kappa shape index (κ2) is 5.53. The van der Waals surface area contributed by atoms with Crippen molar-refractivity contribution >= 4 is 12.4 Å². The van der Waals surface area contributed by atoms with E-state index in [1.54, 1.807) is 0 Å². The number of nitrogens with one attached hydrogen (secondary N) is 1. The number of hydrogen-bond acceptors (Lipinski definition) is 1. The van der Waals surface area contributed by atoms with Gasteiger partial charge >= 0.3 is 0 Å². The lowest BCUT2D eigenvalue weighted by molar-refractivity contribution is 0.306. The quantitative estimate of drug-likeness (QED) is 0.772. The van der Waals surface area contributed by atoms with Crippen LogP contribution in [-0.2, 0) is 0 Å². The third-order valence-electron chi connectivity index (χ3n) is 3.17. The van der Waals surface area contributed by atoms with E-state index in [1.165, 1.54) is 30.5 Å². The van der Waals surface area contributed by atoms with Crippen molar-refractivity contribution in [2.24, 2.45) is 5.92 Å². The Balaban J connectivity index is 0.00000112. The Kier molecular flexibility index (Phi) is 4.62. The number of rotatable bonds is 1. The fourth-order valence-electron chi connectivity index (χ4n) is 2.36. The van der Waals surface area contributed by atoms with Crippen LogP contribution in [0, 0.1) is 12.8 Å². The highest BCUT2D eigenvalue weighted by Crippen LogP contribution is 2.28. The Bertz CT molecular complexity index is 311. The molecule has 1 fully saturated rings. The molecular formula is C13H20ClN. The van der Waals surface area contributed by atoms with Crippen molar-refractivity contribution in [1.82, 2.24) is 5.32 Å². The molecule has 0 spiro atoms. The molecular weight excluding hydrogens is 206 g/mol. The van der Waals surface area contributed by atoms with Gasteiger partial charge in [0.1, 0.15) is 0 Å². The van der Waals surface area contributed by atoms with Gasteiger partial charge in [-0.3, -0.25) is 0 Å². The minimum atomic E-state index is 0. The van der Waals surface area contributed by atoms with Crippen LogP contribution in [0.25, 0.3) is 0 Å². The summed E-state index contributed by atoms with van der Waals surface area (Å²) in [5.74, 6) is 0.769. The topological polar surface area (TPSA) is 12.0 Å². The molecule has 0 aromatic heterocycles. The summed E-state index contributed by atoms with van der Waals surface area (Å²) in [5, 5.41) is 3.61. The molecule has 1 saturated heterocycles. The number of benzene rings is 1. The molecule has 15 heavy (non-hydrogen) atoms. The van der Waals surface area contributed by atoms with Crippen LogP contribution in [0.15, 0.2) is 24.3 Å². The predicted octanol–water partition coefficient (Wildman–Crippen LogP) is 3.48. The zero-order valence-corrected chi connectivity index (χ0v) is 10.3. The maximum Gasteiger partial charge on any atom is 0.0346 e. The van der Waals surface area contributed by atoms with E-state index in [2.05, 4.69) is 43.4 Å². The zero-order chi connectivity index (χ0) is 9.97. The van der Waals surface area contributed by atoms with E-state index >= 15 is 0 Å². The van der Waals surface area contributed by atoms with Gasteiger partial charge in [0.05, 0.1) is 0 Å². The predicted molar refractivity (Wildman–Crippen MR) is 67.6 cm³/mol. The summed E-state index contributed by atoms with van der Waals surface area (Å²) in [4.78, 5) is 0. The fourth-order valence-corrected chi connectivity index (χ4v) is 2.36. The van der Waals surface area contributed by atoms with Crippen LogP contribution in [0.5, 0.6) is 0 Å². The molecule has 2 atom stereocenters. The lowest BCUT2D eigenvalue weighted by Gasteiger charge is -2.30. The normalized spacial score (nSPS) is 25.7. The Morgan fingerprint density at radius 1 is 1.33 bits per heavy atom. The highest BCUT2D eigenvalue weighted by atomic mass is 35.5. The molecule has 1 heterocycles. The van der Waals surface area contributed by atoms with E-state index in [0.717, 1.165) is 5.92 Å². The van der Waals surface area contributed by atoms with Crippen LogP contribution >= 0.6 is 12.4 Å². The van der Waals surface area contributed by atoms with Crippen molar-refractivity contribution in [3.63, 3.8) is 0 Å². The molecule has 2 unspecified atom stereocenters. The Labute approximate surface area is 98.7 Å². The van der Waals surface area contributed by atoms with Crippen molar-refractivity contribution in [3.8, 4) is 0 Å². The Morgan fingerprint density at radius 2 is 2.13 bits per heavy atom. The Hall–Kier alpha value is -0.530. The number of hydrogen-bond donors (Lipinski definition) is 1. The van der Waals surface area contributed by atoms with Gasteiger partial charge in [0.25, 0.3) is 0 Å². The average molecular weight is 226 g/mol. The van der Waals surface area contributed by atoms with Gasteiger partial charge < -0.3 is 5.32 Å². The van der Waals surface area contributed by atoms with Crippen LogP contribution < -0.4 is 5.32 Å². The maximum atomic E-state index is 3.61. The van der Waals surface area contributed by atoms with Crippen LogP contribution in [0.1, 0.15) is 36.9 Å². The van der Waals surface area contributed by atoms with Gasteiger partial charge in [-0.2, -0.15) is 0 Å². The molecule has 84 valence electrons. The Morgan fingerprint density at radius 3 is 2.80 bits per heavy atom. The van der Waals surface area contributed by atoms with Crippen LogP contribution in [0.3, 0.4) is 0 Å². The molecule has 1 nitrogen and oxygen atoms in total. The largest absolute Gasteiger partial charge is 0.310 e. The van der Waals surface area contributed by atoms with E-state index < -0.39 is 0 Å². The summed E-state index contributed by atoms with van der Waals surface area (Å²) >= 11 is 0. The molecule has 2 rings (SSSR count). The van der Waals surface area contributed by atoms with Gasteiger partial charge in [0, 0.05) is 6.04 Å². The molecule has 0 aliphatic carbocycles. The first-order valence-corrected chi connectivity index (χ1v) is 5.57. The summed E-state index contributed by atoms with van der Waals surface area (Å²) in [6.07, 6.45) is 2.68. The molecule has 1 aromatic rings. The van der Waals surface area contributed by atoms with E-state index in [0.29, 0.717) is 6.04 Å². The highest BCUT2D eigenvalue weighted by Gasteiger charge is 2.21. The van der Waals surface area contributed by atoms with Crippen molar-refractivity contribution in [2.75, 3.05) is 6.54 Å². The molecule has 0 saturated carbocycles. The minimum absolute atomic E-state index is 0. The summed E-state index contributed by atoms with van der Waals surface area (Å²) in [6, 6.07) is 9.44. The lowest BCUT2D eigenvalue weighted by Crippen LogP contribution is -2.32. The van der Waals surface area contributed by atoms with E-state index in [9.17, 15) is 0 Å². The van der Waals surface area contributed by atoms with Crippen molar-refractivity contribution in [2.45, 2.75) is 32.7 Å². The number of halogens is 1. The monoisotopic (exact) mass is 225 g/mol. The van der Waals surface area contributed by atoms with Crippen LogP contribution in [-0.4, -0.2) is 6.54 Å². The van der Waals surface area contributed by atoms with Crippen LogP contribution in [0.2, 0.25) is 0 Å². The first-order valence-electron chi connectivity index (χ1n) is 5.57. The summed E-state index contributed by atoms with van der Waals surface area (Å²) in [5.41, 5.74) is 2.82. The first-order chi connectivity index (χ1) is 6.77. The van der Waals surface area contributed by atoms with Gasteiger partial charge in [0.15, 0.2) is 0 Å². The second-order valence-corrected chi connectivity index (χ2v) is 4.47. The molecule has 0 bridgehead atoms. The molecule has 0 radical (unpaired) electrons. The van der Waals surface area contributed by atoms with E-state index in [-0.39, 0.29) is 12.4 Å². The zero-order valence-electron chi connectivity index (χ0n) is 9.49. The molecule has 2 heteroatoms. The number of piperidine rings is 1. The molecule has 0 amide bonds. The average Bonchev–Trinajstić information content (AvgIpc) is 2.18. The molecule has 1 aliphatic rings. The van der Waals surface area contributed by atoms with Gasteiger partial charge in [-0.15, -0.1) is 12.4 Å². The summed E-state index contributed by atoms with van der Waals surface area (Å²) < 4.78 is 0. The SMILES string of the molecule is Cc1cccc(C2NCCCC2C)c1.Cl. The third-order valence-corrected chi connectivity index (χ3v) is 3.17. The lowest BCUT2D eigenvalue weighted by atomic mass is 9.87. The summed E-state index contributed by atoms with van der Waals surface area (Å²) in [7, 11) is 0. The summed E-state index contributed by atoms with van der Waals surface area (Å²) in [6.45, 7) is 5.68. The van der Waals surface area contributed by atoms with Gasteiger partial charge in [-0.1, -0.05) is 36.8 Å². The minimum Gasteiger partial charge on any atom is -0.310 e. The van der Waals surface area contributed by atoms with Crippen molar-refractivity contribution < 1.29 is 0 Å². The first kappa shape index (κ1) is 12.5. The fraction of sp³-hybridized carbons (Fsp3) is 0.538. The van der Waals surface area contributed by atoms with Crippen molar-refractivity contribution in [1.29, 1.82) is 0 Å². The van der Waals surface area contributed by atoms with E-state index in [4.69, 9.17) is 0 Å². The number of aryl methyl sites for hydroxylation is 1. The van der Waals surface area contributed by atoms with E-state index in [1.807, 2.05) is 0 Å².